The number of nitrogens with two attached hydrogens (primary N) is 5. The smallest absolute Gasteiger partial charge is 0.343 e. The topological polar surface area (TPSA) is 653 Å². The van der Waals surface area contributed by atoms with Crippen LogP contribution in [0.1, 0.15) is 290 Å². The van der Waals surface area contributed by atoms with Gasteiger partial charge in [-0.15, -0.1) is 11.8 Å². The second kappa shape index (κ2) is 57.3. The predicted molar refractivity (Wildman–Crippen MR) is 556 cm³/mol. The van der Waals surface area contributed by atoms with Gasteiger partial charge in [0.05, 0.1) is 82.8 Å². The number of thioether (sulfide) groups is 1. The summed E-state index contributed by atoms with van der Waals surface area (Å²) < 4.78 is 12.9. The number of aryl methyl sites for hydroxylation is 1. The molecule has 5 aliphatic rings. The third-order valence-corrected chi connectivity index (χ3v) is 30.9. The Balaban J connectivity index is 0.733. The largest absolute Gasteiger partial charge is 0.458 e. The number of unbranched alkanes of at least 4 members (excludes halogenated alkanes) is 2. The minimum atomic E-state index is -1.95. The molecule has 147 heavy (non-hydrogen) atoms. The fourth-order valence-electron chi connectivity index (χ4n) is 20.8. The molecule has 11 unspecified atom stereocenters. The van der Waals surface area contributed by atoms with Gasteiger partial charge in [-0.25, -0.2) is 14.8 Å². The molecule has 8 amide bonds. The van der Waals surface area contributed by atoms with E-state index >= 15 is 0 Å². The van der Waals surface area contributed by atoms with Crippen LogP contribution in [0.2, 0.25) is 0 Å². The molecule has 0 radical (unpaired) electrons. The van der Waals surface area contributed by atoms with Crippen molar-refractivity contribution in [2.45, 2.75) is 335 Å². The zero-order chi connectivity index (χ0) is 108. The Labute approximate surface area is 865 Å². The van der Waals surface area contributed by atoms with Crippen LogP contribution in [0, 0.1) is 81.8 Å². The van der Waals surface area contributed by atoms with Gasteiger partial charge in [0, 0.05) is 148 Å². The minimum absolute atomic E-state index is 0.00195. The van der Waals surface area contributed by atoms with E-state index in [1.165, 1.54) is 24.5 Å². The van der Waals surface area contributed by atoms with Crippen molar-refractivity contribution in [1.82, 2.24) is 67.0 Å². The number of aromatic nitrogens is 4. The number of imidazole rings is 1. The zero-order valence-electron chi connectivity index (χ0n) is 87.5. The number of benzene rings is 1. The van der Waals surface area contributed by atoms with E-state index in [-0.39, 0.29) is 235 Å². The quantitative estimate of drug-likeness (QED) is 0.00482. The molecule has 1 saturated heterocycles. The number of rotatable bonds is 63. The van der Waals surface area contributed by atoms with Gasteiger partial charge in [0.2, 0.25) is 47.3 Å². The van der Waals surface area contributed by atoms with Crippen molar-refractivity contribution in [3.05, 3.63) is 75.1 Å². The summed E-state index contributed by atoms with van der Waals surface area (Å²) in [7, 11) is 1.47. The first-order valence-electron chi connectivity index (χ1n) is 52.9. The van der Waals surface area contributed by atoms with E-state index in [0.717, 1.165) is 41.1 Å². The number of hydrogen-bond acceptors (Lipinski definition) is 28. The number of fused-ring (bicyclic) bond motifs is 5. The number of amides is 8. The number of nitrogens with one attached hydrogen (secondary N) is 11. The summed E-state index contributed by atoms with van der Waals surface area (Å²) in [6.07, 6.45) is 10.5. The number of Topliss-reactive ketones (excluding diaryl/α,β-unsaturated/α-hetero) is 6. The highest BCUT2D eigenvalue weighted by molar-refractivity contribution is 8.00. The molecular formula is C106H160N20O20S. The SMILES string of the molecule is CCc1c2c(nc3ccc(OC(=O)C4CCC(CCC(=O)C5CCC(CN6C(=O)CC(SCC(N)C(=O)NC(C(=O)CC(CCCCN)C(=O)NC(CCCNC(=N)N)C(=O)CCC(=O)NC(CC(C)C)C(=O)CC(CCCCN)C(=O)NC(CC(C)C)C(=O)CC(CCCNC(=N)N)C(=O)NC(Cc7cnc[nH]7)C(=O)CC(C(=O)NC)C(C)C)C(C)C)C6=O)CC5)CC4)cc13)-c1cc3c(c(=O)n1C2)COC(=O)[C@]3(O)CC. The first-order valence-corrected chi connectivity index (χ1v) is 53.9. The maximum Gasteiger partial charge on any atom is 0.343 e. The molecule has 810 valence electrons. The van der Waals surface area contributed by atoms with E-state index in [0.29, 0.717) is 112 Å². The number of aromatic amines is 1. The van der Waals surface area contributed by atoms with Crippen LogP contribution in [0.4, 0.5) is 0 Å². The molecule has 41 heteroatoms. The number of imide groups is 1. The van der Waals surface area contributed by atoms with Gasteiger partial charge >= 0.3 is 11.9 Å². The van der Waals surface area contributed by atoms with Crippen molar-refractivity contribution in [3.8, 4) is 17.1 Å². The van der Waals surface area contributed by atoms with Gasteiger partial charge in [-0.1, -0.05) is 82.1 Å². The summed E-state index contributed by atoms with van der Waals surface area (Å²) >= 11 is 1.07. The molecular weight excluding hydrogens is 1910 g/mol. The number of carbonyl (C=O) groups excluding carboxylic acids is 16. The second-order valence-electron chi connectivity index (χ2n) is 42.2. The lowest BCUT2D eigenvalue weighted by molar-refractivity contribution is -0.172. The third-order valence-electron chi connectivity index (χ3n) is 29.5. The van der Waals surface area contributed by atoms with Gasteiger partial charge in [0.1, 0.15) is 18.1 Å². The van der Waals surface area contributed by atoms with Crippen molar-refractivity contribution in [2.75, 3.05) is 45.5 Å². The minimum Gasteiger partial charge on any atom is -0.458 e. The fraction of sp³-hybridized carbons (Fsp3) is 0.670. The number of cyclic esters (lactones) is 1. The number of esters is 2. The molecule has 0 bridgehead atoms. The average molecular weight is 2070 g/mol. The summed E-state index contributed by atoms with van der Waals surface area (Å²) in [5.74, 6) is -13.4. The summed E-state index contributed by atoms with van der Waals surface area (Å²) in [6, 6.07) is -0.0601. The lowest BCUT2D eigenvalue weighted by Crippen LogP contribution is -2.52. The number of ether oxygens (including phenoxy) is 2. The normalized spacial score (nSPS) is 19.6. The zero-order valence-corrected chi connectivity index (χ0v) is 88.3. The van der Waals surface area contributed by atoms with Crippen LogP contribution in [0.15, 0.2) is 41.6 Å². The van der Waals surface area contributed by atoms with Crippen molar-refractivity contribution in [2.24, 2.45) is 99.7 Å². The lowest BCUT2D eigenvalue weighted by Gasteiger charge is -2.31. The molecule has 3 aliphatic heterocycles. The molecule has 40 nitrogen and oxygen atoms in total. The van der Waals surface area contributed by atoms with Crippen LogP contribution in [-0.4, -0.2) is 222 Å². The number of ketones is 6. The Morgan fingerprint density at radius 3 is 1.75 bits per heavy atom. The number of H-pyrrole nitrogens is 1. The van der Waals surface area contributed by atoms with Crippen LogP contribution in [0.5, 0.6) is 5.75 Å². The van der Waals surface area contributed by atoms with Crippen molar-refractivity contribution >= 4 is 128 Å². The summed E-state index contributed by atoms with van der Waals surface area (Å²) in [6.45, 7) is 19.1. The highest BCUT2D eigenvalue weighted by atomic mass is 32.2. The first kappa shape index (κ1) is 119. The third kappa shape index (κ3) is 34.0. The van der Waals surface area contributed by atoms with Crippen LogP contribution in [0.25, 0.3) is 22.3 Å². The van der Waals surface area contributed by atoms with Gasteiger partial charge in [-0.3, -0.25) is 92.4 Å². The Morgan fingerprint density at radius 2 is 1.19 bits per heavy atom. The van der Waals surface area contributed by atoms with Gasteiger partial charge in [0.25, 0.3) is 5.56 Å². The number of hydrogen-bond donors (Lipinski definition) is 17. The van der Waals surface area contributed by atoms with Gasteiger partial charge in [0.15, 0.2) is 46.4 Å². The molecule has 2 saturated carbocycles. The van der Waals surface area contributed by atoms with Crippen LogP contribution >= 0.6 is 11.8 Å². The Hall–Kier alpha value is -11.6. The fourth-order valence-corrected chi connectivity index (χ4v) is 21.9. The van der Waals surface area contributed by atoms with E-state index < -0.39 is 166 Å². The van der Waals surface area contributed by atoms with Crippen molar-refractivity contribution in [3.63, 3.8) is 0 Å². The summed E-state index contributed by atoms with van der Waals surface area (Å²) in [5, 5.41) is 49.0. The Bertz CT molecular complexity index is 5380. The number of guanidine groups is 2. The van der Waals surface area contributed by atoms with Gasteiger partial charge < -0.3 is 95.3 Å². The molecule has 4 aromatic rings. The summed E-state index contributed by atoms with van der Waals surface area (Å²) in [5.41, 5.74) is 31.7. The van der Waals surface area contributed by atoms with E-state index in [1.54, 1.807) is 43.5 Å². The predicted octanol–water partition coefficient (Wildman–Crippen LogP) is 6.67. The maximum absolute atomic E-state index is 14.8. The molecule has 12 atom stereocenters. The maximum atomic E-state index is 14.8. The average Bonchev–Trinajstić information content (AvgIpc) is 1.56. The molecule has 22 N–H and O–H groups in total. The number of nitrogens with zero attached hydrogens (tertiary/aromatic N) is 4. The number of aliphatic hydroxyl groups is 1. The Kier molecular flexibility index (Phi) is 46.4. The van der Waals surface area contributed by atoms with Crippen LogP contribution in [-0.2, 0) is 113 Å². The molecule has 2 aliphatic carbocycles. The first-order chi connectivity index (χ1) is 69.9. The van der Waals surface area contributed by atoms with Gasteiger partial charge in [-0.2, -0.15) is 0 Å². The number of carbonyl (C=O) groups is 16. The van der Waals surface area contributed by atoms with E-state index in [1.807, 2.05) is 54.5 Å². The highest BCUT2D eigenvalue weighted by Crippen LogP contribution is 2.43. The molecule has 0 spiro atoms. The molecule has 6 heterocycles. The van der Waals surface area contributed by atoms with Crippen LogP contribution in [0.3, 0.4) is 0 Å². The number of likely N-dealkylation sites (tertiary alicyclic amines) is 1. The molecule has 3 fully saturated rings. The number of pyridine rings is 2. The highest BCUT2D eigenvalue weighted by Gasteiger charge is 2.48. The van der Waals surface area contributed by atoms with Gasteiger partial charge in [-0.05, 0) is 213 Å². The molecule has 9 rings (SSSR count). The van der Waals surface area contributed by atoms with E-state index in [4.69, 9.17) is 53.9 Å². The molecule has 1 aromatic carbocycles. The van der Waals surface area contributed by atoms with Crippen molar-refractivity contribution in [1.29, 1.82) is 10.8 Å². The second-order valence-corrected chi connectivity index (χ2v) is 43.4. The van der Waals surface area contributed by atoms with Crippen LogP contribution < -0.4 is 81.5 Å². The monoisotopic (exact) mass is 2070 g/mol. The lowest BCUT2D eigenvalue weighted by atomic mass is 9.76. The van der Waals surface area contributed by atoms with E-state index in [2.05, 4.69) is 52.5 Å². The Morgan fingerprint density at radius 1 is 0.626 bits per heavy atom. The summed E-state index contributed by atoms with van der Waals surface area (Å²) in [4.78, 5) is 253. The standard InChI is InChI=1S/C106H160N20O20S/c1-12-71-73-48-70(33-34-78(73)120-94-74(71)54-125-83(94)50-76-75(100(125)140)55-145-103(143)106(76,144)13-2)146-102(142)65-31-24-62(25-32-65)28-35-84(127)64-29-26-63(27-30-64)53-126-92(134)51-90(101(126)141)147-56-77(109)99(139)124-93(61(9)10)89(132)46-67(21-15-17-39-108)95(135)121-79(23-19-41-117-105(112)113)85(128)36-37-91(133)119-80(42-58(3)4)86(129)44-66(20-14-16-38-107)96(136)122-81(43-59(5)6)87(130)45-68(22-18-40-116-104(110)111)97(137)123-82(47-69-52-115-57-118-69)88(131)49-72(60(7)8)98(138)114-11/h33-34,48,50,52,57-68,72,77,79-82,90,93,144H,12-32,35-47,49,51,53-56,107-109H2,1-11H3,(H,114,138)(H,115,118)(H,119,133)(H,121,135)(H,122,136)(H,123,137)(H,124,139)(H4,110,111,116)(H4,112,113,117)/t62?,63?,64?,65?,66?,67?,68?,72?,77?,79?,80?,81?,82?,90?,93?,106-/m0/s1. The van der Waals surface area contributed by atoms with Crippen molar-refractivity contribution < 1.29 is 91.3 Å². The van der Waals surface area contributed by atoms with E-state index in [9.17, 15) is 86.6 Å². The molecule has 3 aromatic heterocycles.